The highest BCUT2D eigenvalue weighted by Crippen LogP contribution is 2.65. The minimum absolute atomic E-state index is 0.00694. The number of hydrogen-bond donors (Lipinski definition) is 0. The van der Waals surface area contributed by atoms with E-state index >= 15 is 0 Å². The molecule has 56 valence electrons. The van der Waals surface area contributed by atoms with E-state index in [1.807, 2.05) is 13.8 Å². The van der Waals surface area contributed by atoms with E-state index in [4.69, 9.17) is 4.74 Å². The highest BCUT2D eigenvalue weighted by Gasteiger charge is 2.70. The lowest BCUT2D eigenvalue weighted by Crippen LogP contribution is -2.30. The van der Waals surface area contributed by atoms with Gasteiger partial charge in [-0.25, -0.2) is 0 Å². The Bertz CT molecular complexity index is 205. The van der Waals surface area contributed by atoms with Gasteiger partial charge in [-0.15, -0.1) is 0 Å². The molecule has 0 radical (unpaired) electrons. The number of carbonyl (C=O) groups excluding carboxylic acids is 1. The summed E-state index contributed by atoms with van der Waals surface area (Å²) in [4.78, 5) is 11.0. The lowest BCUT2D eigenvalue weighted by molar-refractivity contribution is -0.152. The molecule has 0 aromatic rings. The Morgan fingerprint density at radius 2 is 2.10 bits per heavy atom. The Morgan fingerprint density at radius 1 is 1.50 bits per heavy atom. The number of esters is 1. The molecule has 2 rings (SSSR count). The topological polar surface area (TPSA) is 26.3 Å². The van der Waals surface area contributed by atoms with E-state index in [0.29, 0.717) is 0 Å². The number of ether oxygens (including phenoxy) is 1. The molecular formula is C8H12O2. The van der Waals surface area contributed by atoms with Crippen molar-refractivity contribution in [3.63, 3.8) is 0 Å². The van der Waals surface area contributed by atoms with Crippen LogP contribution in [0.15, 0.2) is 0 Å². The average molecular weight is 140 g/mol. The Hall–Kier alpha value is -0.530. The summed E-state index contributed by atoms with van der Waals surface area (Å²) in [6.07, 6.45) is 1.03. The Balaban J connectivity index is 2.37. The second kappa shape index (κ2) is 1.25. The SMILES string of the molecule is CC1(C)OC(=O)[C@@H]2C[C@]21C. The molecule has 0 amide bonds. The second-order valence-electron chi connectivity index (χ2n) is 4.11. The zero-order chi connectivity index (χ0) is 7.57. The van der Waals surface area contributed by atoms with Crippen molar-refractivity contribution in [2.75, 3.05) is 0 Å². The molecule has 0 N–H and O–H groups in total. The third-order valence-electron chi connectivity index (χ3n) is 3.25. The number of fused-ring (bicyclic) bond motifs is 1. The molecule has 1 aliphatic heterocycles. The minimum Gasteiger partial charge on any atom is -0.459 e. The molecule has 1 saturated heterocycles. The van der Waals surface area contributed by atoms with Crippen molar-refractivity contribution in [1.82, 2.24) is 0 Å². The zero-order valence-corrected chi connectivity index (χ0v) is 6.60. The van der Waals surface area contributed by atoms with Crippen LogP contribution in [0.25, 0.3) is 0 Å². The van der Waals surface area contributed by atoms with Crippen LogP contribution in [0.3, 0.4) is 0 Å². The van der Waals surface area contributed by atoms with Gasteiger partial charge in [0.1, 0.15) is 5.60 Å². The largest absolute Gasteiger partial charge is 0.459 e. The van der Waals surface area contributed by atoms with Crippen LogP contribution in [0, 0.1) is 11.3 Å². The summed E-state index contributed by atoms with van der Waals surface area (Å²) in [6, 6.07) is 0. The molecule has 0 spiro atoms. The first-order valence-electron chi connectivity index (χ1n) is 3.70. The number of carbonyl (C=O) groups is 1. The smallest absolute Gasteiger partial charge is 0.310 e. The maximum Gasteiger partial charge on any atom is 0.310 e. The molecule has 0 unspecified atom stereocenters. The van der Waals surface area contributed by atoms with Gasteiger partial charge in [0.25, 0.3) is 0 Å². The number of cyclic esters (lactones) is 1. The zero-order valence-electron chi connectivity index (χ0n) is 6.60. The van der Waals surface area contributed by atoms with Crippen LogP contribution >= 0.6 is 0 Å². The third kappa shape index (κ3) is 0.446. The van der Waals surface area contributed by atoms with Gasteiger partial charge >= 0.3 is 5.97 Å². The van der Waals surface area contributed by atoms with Crippen LogP contribution in [-0.4, -0.2) is 11.6 Å². The predicted molar refractivity (Wildman–Crippen MR) is 36.4 cm³/mol. The van der Waals surface area contributed by atoms with Gasteiger partial charge in [0.05, 0.1) is 5.92 Å². The van der Waals surface area contributed by atoms with Gasteiger partial charge in [-0.3, -0.25) is 4.79 Å². The molecule has 2 aliphatic rings. The molecule has 2 atom stereocenters. The monoisotopic (exact) mass is 140 g/mol. The van der Waals surface area contributed by atoms with Gasteiger partial charge in [0, 0.05) is 5.41 Å². The number of hydrogen-bond acceptors (Lipinski definition) is 2. The summed E-state index contributed by atoms with van der Waals surface area (Å²) in [6.45, 7) is 6.12. The van der Waals surface area contributed by atoms with Crippen LogP contribution in [0.4, 0.5) is 0 Å². The fourth-order valence-corrected chi connectivity index (χ4v) is 1.81. The molecule has 1 aliphatic carbocycles. The molecule has 2 nitrogen and oxygen atoms in total. The first kappa shape index (κ1) is 6.20. The normalized spacial score (nSPS) is 48.3. The van der Waals surface area contributed by atoms with E-state index in [1.54, 1.807) is 0 Å². The molecule has 10 heavy (non-hydrogen) atoms. The van der Waals surface area contributed by atoms with Crippen molar-refractivity contribution in [2.45, 2.75) is 32.8 Å². The van der Waals surface area contributed by atoms with Gasteiger partial charge in [0.15, 0.2) is 0 Å². The minimum atomic E-state index is -0.214. The summed E-state index contributed by atoms with van der Waals surface area (Å²) >= 11 is 0. The van der Waals surface area contributed by atoms with Crippen LogP contribution < -0.4 is 0 Å². The van der Waals surface area contributed by atoms with Crippen LogP contribution in [0.2, 0.25) is 0 Å². The third-order valence-corrected chi connectivity index (χ3v) is 3.25. The lowest BCUT2D eigenvalue weighted by Gasteiger charge is -2.25. The Kier molecular flexibility index (Phi) is 0.773. The van der Waals surface area contributed by atoms with Crippen molar-refractivity contribution in [3.05, 3.63) is 0 Å². The van der Waals surface area contributed by atoms with Crippen molar-refractivity contribution in [3.8, 4) is 0 Å². The van der Waals surface area contributed by atoms with Crippen LogP contribution in [-0.2, 0) is 9.53 Å². The van der Waals surface area contributed by atoms with Gasteiger partial charge in [-0.05, 0) is 20.3 Å². The average Bonchev–Trinajstić information content (AvgIpc) is 2.37. The quantitative estimate of drug-likeness (QED) is 0.475. The first-order chi connectivity index (χ1) is 4.47. The fraction of sp³-hybridized carbons (Fsp3) is 0.875. The molecule has 2 heteroatoms. The Labute approximate surface area is 60.6 Å². The lowest BCUT2D eigenvalue weighted by atomic mass is 9.89. The van der Waals surface area contributed by atoms with Crippen LogP contribution in [0.1, 0.15) is 27.2 Å². The van der Waals surface area contributed by atoms with E-state index in [9.17, 15) is 4.79 Å². The summed E-state index contributed by atoms with van der Waals surface area (Å²) < 4.78 is 5.17. The highest BCUT2D eigenvalue weighted by atomic mass is 16.6. The first-order valence-corrected chi connectivity index (χ1v) is 3.70. The van der Waals surface area contributed by atoms with Crippen molar-refractivity contribution in [1.29, 1.82) is 0 Å². The van der Waals surface area contributed by atoms with Gasteiger partial charge in [-0.1, -0.05) is 6.92 Å². The maximum atomic E-state index is 11.0. The summed E-state index contributed by atoms with van der Waals surface area (Å²) in [5.74, 6) is 0.218. The summed E-state index contributed by atoms with van der Waals surface area (Å²) in [5.41, 5.74) is -0.0567. The van der Waals surface area contributed by atoms with Crippen molar-refractivity contribution >= 4 is 5.97 Å². The standard InChI is InChI=1S/C8H12O2/c1-7(2)8(3)4-5(8)6(9)10-7/h5H,4H2,1-3H3/t5-,8+/m0/s1. The molecule has 0 aromatic heterocycles. The van der Waals surface area contributed by atoms with E-state index in [0.717, 1.165) is 6.42 Å². The maximum absolute atomic E-state index is 11.0. The summed E-state index contributed by atoms with van der Waals surface area (Å²) in [7, 11) is 0. The van der Waals surface area contributed by atoms with E-state index in [1.165, 1.54) is 0 Å². The molecule has 0 bridgehead atoms. The molecule has 2 fully saturated rings. The fourth-order valence-electron chi connectivity index (χ4n) is 1.81. The van der Waals surface area contributed by atoms with E-state index in [2.05, 4.69) is 6.92 Å². The van der Waals surface area contributed by atoms with Crippen molar-refractivity contribution < 1.29 is 9.53 Å². The van der Waals surface area contributed by atoms with Gasteiger partial charge < -0.3 is 4.74 Å². The van der Waals surface area contributed by atoms with E-state index < -0.39 is 0 Å². The van der Waals surface area contributed by atoms with E-state index in [-0.39, 0.29) is 22.9 Å². The highest BCUT2D eigenvalue weighted by molar-refractivity contribution is 5.81. The molecular weight excluding hydrogens is 128 g/mol. The molecule has 0 aromatic carbocycles. The van der Waals surface area contributed by atoms with Crippen molar-refractivity contribution in [2.24, 2.45) is 11.3 Å². The molecule has 1 heterocycles. The van der Waals surface area contributed by atoms with Gasteiger partial charge in [0.2, 0.25) is 0 Å². The molecule has 1 saturated carbocycles. The summed E-state index contributed by atoms with van der Waals surface area (Å²) in [5, 5.41) is 0. The Morgan fingerprint density at radius 3 is 2.20 bits per heavy atom. The second-order valence-corrected chi connectivity index (χ2v) is 4.11. The predicted octanol–water partition coefficient (Wildman–Crippen LogP) is 1.35. The van der Waals surface area contributed by atoms with Gasteiger partial charge in [-0.2, -0.15) is 0 Å². The van der Waals surface area contributed by atoms with Crippen LogP contribution in [0.5, 0.6) is 0 Å². The number of rotatable bonds is 0.